The number of nitrogens with zero attached hydrogens (tertiary/aromatic N) is 4. The molecule has 1 saturated heterocycles. The number of sulfonamides is 1. The second-order valence-corrected chi connectivity index (χ2v) is 11.0. The summed E-state index contributed by atoms with van der Waals surface area (Å²) in [5, 5.41) is 3.41. The Balaban J connectivity index is 1.56. The predicted molar refractivity (Wildman–Crippen MR) is 138 cm³/mol. The molecule has 1 amide bonds. The molecule has 0 radical (unpaired) electrons. The Kier molecular flexibility index (Phi) is 6.75. The summed E-state index contributed by atoms with van der Waals surface area (Å²) in [6.07, 6.45) is 8.39. The van der Waals surface area contributed by atoms with Crippen LogP contribution in [-0.2, 0) is 16.6 Å². The molecule has 1 fully saturated rings. The van der Waals surface area contributed by atoms with Gasteiger partial charge >= 0.3 is 0 Å². The van der Waals surface area contributed by atoms with Gasteiger partial charge in [0.1, 0.15) is 0 Å². The zero-order valence-corrected chi connectivity index (χ0v) is 20.8. The molecule has 0 aliphatic carbocycles. The fourth-order valence-corrected chi connectivity index (χ4v) is 5.87. The molecule has 4 heterocycles. The quantitative estimate of drug-likeness (QED) is 0.428. The molecule has 1 aliphatic heterocycles. The van der Waals surface area contributed by atoms with Gasteiger partial charge in [-0.1, -0.05) is 13.0 Å². The Morgan fingerprint density at radius 3 is 2.47 bits per heavy atom. The maximum Gasteiger partial charge on any atom is 0.252 e. The first-order chi connectivity index (χ1) is 17.4. The van der Waals surface area contributed by atoms with E-state index in [9.17, 15) is 13.2 Å². The van der Waals surface area contributed by atoms with Crippen LogP contribution in [-0.4, -0.2) is 46.7 Å². The number of carbonyl (C=O) groups excluding carboxylic acids is 1. The standard InChI is InChI=1S/C27H27N5O3S/c1-19-8-12-32(13-9-19)36(34,35)22-6-7-25-23(14-22)24(15-26(31-25)21-5-3-11-29-18-21)27(33)30-17-20-4-2-10-28-16-20/h2-7,10-11,14-16,18-19H,8-9,12-13,17H2,1H3,(H,30,33). The van der Waals surface area contributed by atoms with E-state index in [4.69, 9.17) is 4.98 Å². The van der Waals surface area contributed by atoms with E-state index in [1.54, 1.807) is 55.1 Å². The summed E-state index contributed by atoms with van der Waals surface area (Å²) >= 11 is 0. The number of aromatic nitrogens is 3. The zero-order valence-electron chi connectivity index (χ0n) is 20.0. The molecule has 0 atom stereocenters. The molecule has 4 aromatic rings. The first kappa shape index (κ1) is 24.0. The van der Waals surface area contributed by atoms with E-state index in [-0.39, 0.29) is 10.8 Å². The summed E-state index contributed by atoms with van der Waals surface area (Å²) in [5.74, 6) is 0.191. The number of piperidine rings is 1. The second-order valence-electron chi connectivity index (χ2n) is 9.11. The number of carbonyl (C=O) groups is 1. The van der Waals surface area contributed by atoms with Gasteiger partial charge < -0.3 is 5.32 Å². The number of rotatable bonds is 6. The van der Waals surface area contributed by atoms with Crippen molar-refractivity contribution >= 4 is 26.8 Å². The lowest BCUT2D eigenvalue weighted by atomic mass is 10.0. The Labute approximate surface area is 210 Å². The molecule has 0 spiro atoms. The highest BCUT2D eigenvalue weighted by molar-refractivity contribution is 7.89. The van der Waals surface area contributed by atoms with Crippen LogP contribution >= 0.6 is 0 Å². The van der Waals surface area contributed by atoms with Gasteiger partial charge in [0, 0.05) is 55.4 Å². The van der Waals surface area contributed by atoms with Crippen LogP contribution in [0.3, 0.4) is 0 Å². The SMILES string of the molecule is CC1CCN(S(=O)(=O)c2ccc3nc(-c4cccnc4)cc(C(=O)NCc4cccnc4)c3c2)CC1. The molecule has 1 N–H and O–H groups in total. The van der Waals surface area contributed by atoms with Gasteiger partial charge in [-0.15, -0.1) is 0 Å². The van der Waals surface area contributed by atoms with E-state index in [1.165, 1.54) is 4.31 Å². The molecule has 0 bridgehead atoms. The number of nitrogens with one attached hydrogen (secondary N) is 1. The molecule has 0 saturated carbocycles. The van der Waals surface area contributed by atoms with Crippen molar-refractivity contribution in [1.29, 1.82) is 0 Å². The van der Waals surface area contributed by atoms with Gasteiger partial charge in [-0.2, -0.15) is 4.31 Å². The van der Waals surface area contributed by atoms with E-state index < -0.39 is 10.0 Å². The van der Waals surface area contributed by atoms with Crippen molar-refractivity contribution in [2.75, 3.05) is 13.1 Å². The maximum absolute atomic E-state index is 13.4. The summed E-state index contributed by atoms with van der Waals surface area (Å²) in [4.78, 5) is 26.5. The molecule has 8 nitrogen and oxygen atoms in total. The molecule has 1 aliphatic rings. The van der Waals surface area contributed by atoms with Crippen LogP contribution in [0.25, 0.3) is 22.2 Å². The largest absolute Gasteiger partial charge is 0.348 e. The van der Waals surface area contributed by atoms with Crippen LogP contribution in [0, 0.1) is 5.92 Å². The second kappa shape index (κ2) is 10.1. The van der Waals surface area contributed by atoms with Crippen LogP contribution in [0.4, 0.5) is 0 Å². The number of fused-ring (bicyclic) bond motifs is 1. The fraction of sp³-hybridized carbons (Fsp3) is 0.259. The predicted octanol–water partition coefficient (Wildman–Crippen LogP) is 4.04. The lowest BCUT2D eigenvalue weighted by Crippen LogP contribution is -2.37. The fourth-order valence-electron chi connectivity index (χ4n) is 4.37. The minimum absolute atomic E-state index is 0.168. The summed E-state index contributed by atoms with van der Waals surface area (Å²) in [5.41, 5.74) is 3.10. The molecule has 36 heavy (non-hydrogen) atoms. The van der Waals surface area contributed by atoms with Crippen LogP contribution in [0.15, 0.2) is 78.2 Å². The maximum atomic E-state index is 13.4. The third-order valence-corrected chi connectivity index (χ3v) is 8.43. The third-order valence-electron chi connectivity index (χ3n) is 6.54. The van der Waals surface area contributed by atoms with Crippen molar-refractivity contribution in [2.24, 2.45) is 5.92 Å². The number of pyridine rings is 3. The molecule has 9 heteroatoms. The van der Waals surface area contributed by atoms with Crippen molar-refractivity contribution in [2.45, 2.75) is 31.2 Å². The Bertz CT molecular complexity index is 1490. The molecule has 184 valence electrons. The molecule has 0 unspecified atom stereocenters. The summed E-state index contributed by atoms with van der Waals surface area (Å²) in [7, 11) is -3.68. The Morgan fingerprint density at radius 2 is 1.78 bits per heavy atom. The van der Waals surface area contributed by atoms with Crippen molar-refractivity contribution in [3.05, 3.63) is 84.4 Å². The van der Waals surface area contributed by atoms with E-state index in [0.29, 0.717) is 47.7 Å². The monoisotopic (exact) mass is 501 g/mol. The molecule has 1 aromatic carbocycles. The van der Waals surface area contributed by atoms with Crippen molar-refractivity contribution in [3.8, 4) is 11.3 Å². The van der Waals surface area contributed by atoms with Gasteiger partial charge in [-0.3, -0.25) is 14.8 Å². The highest BCUT2D eigenvalue weighted by Gasteiger charge is 2.29. The van der Waals surface area contributed by atoms with Gasteiger partial charge in [-0.05, 0) is 66.8 Å². The Morgan fingerprint density at radius 1 is 1.03 bits per heavy atom. The van der Waals surface area contributed by atoms with Crippen LogP contribution in [0.1, 0.15) is 35.7 Å². The van der Waals surface area contributed by atoms with Crippen LogP contribution in [0.2, 0.25) is 0 Å². The minimum atomic E-state index is -3.68. The first-order valence-corrected chi connectivity index (χ1v) is 13.4. The highest BCUT2D eigenvalue weighted by Crippen LogP contribution is 2.29. The van der Waals surface area contributed by atoms with Crippen molar-refractivity contribution in [1.82, 2.24) is 24.6 Å². The van der Waals surface area contributed by atoms with Gasteiger partial charge in [-0.25, -0.2) is 13.4 Å². The Hall–Kier alpha value is -3.69. The molecule has 3 aromatic heterocycles. The smallest absolute Gasteiger partial charge is 0.252 e. The number of benzene rings is 1. The van der Waals surface area contributed by atoms with Crippen molar-refractivity contribution < 1.29 is 13.2 Å². The van der Waals surface area contributed by atoms with Crippen LogP contribution in [0.5, 0.6) is 0 Å². The van der Waals surface area contributed by atoms with E-state index >= 15 is 0 Å². The van der Waals surface area contributed by atoms with E-state index in [1.807, 2.05) is 18.2 Å². The number of hydrogen-bond acceptors (Lipinski definition) is 6. The lowest BCUT2D eigenvalue weighted by Gasteiger charge is -2.29. The molecular weight excluding hydrogens is 474 g/mol. The van der Waals surface area contributed by atoms with E-state index in [2.05, 4.69) is 22.2 Å². The molecular formula is C27H27N5O3S. The lowest BCUT2D eigenvalue weighted by molar-refractivity contribution is 0.0952. The van der Waals surface area contributed by atoms with E-state index in [0.717, 1.165) is 24.0 Å². The average molecular weight is 502 g/mol. The third kappa shape index (κ3) is 4.98. The zero-order chi connectivity index (χ0) is 25.1. The van der Waals surface area contributed by atoms with Crippen LogP contribution < -0.4 is 5.32 Å². The van der Waals surface area contributed by atoms with Gasteiger partial charge in [0.15, 0.2) is 0 Å². The number of amides is 1. The van der Waals surface area contributed by atoms with Crippen molar-refractivity contribution in [3.63, 3.8) is 0 Å². The van der Waals surface area contributed by atoms with Gasteiger partial charge in [0.05, 0.1) is 21.7 Å². The first-order valence-electron chi connectivity index (χ1n) is 11.9. The summed E-state index contributed by atoms with van der Waals surface area (Å²) in [6, 6.07) is 13.9. The average Bonchev–Trinajstić information content (AvgIpc) is 2.92. The minimum Gasteiger partial charge on any atom is -0.348 e. The van der Waals surface area contributed by atoms with Gasteiger partial charge in [0.2, 0.25) is 10.0 Å². The van der Waals surface area contributed by atoms with Gasteiger partial charge in [0.25, 0.3) is 5.91 Å². The summed E-state index contributed by atoms with van der Waals surface area (Å²) in [6.45, 7) is 3.43. The molecule has 5 rings (SSSR count). The highest BCUT2D eigenvalue weighted by atomic mass is 32.2. The topological polar surface area (TPSA) is 105 Å². The normalized spacial score (nSPS) is 15.1. The summed E-state index contributed by atoms with van der Waals surface area (Å²) < 4.78 is 28.4. The number of hydrogen-bond donors (Lipinski definition) is 1.